The van der Waals surface area contributed by atoms with E-state index in [-0.39, 0.29) is 31.0 Å². The predicted octanol–water partition coefficient (Wildman–Crippen LogP) is 2.86. The van der Waals surface area contributed by atoms with Crippen LogP contribution in [0.4, 0.5) is 15.4 Å². The van der Waals surface area contributed by atoms with Crippen LogP contribution in [0.25, 0.3) is 11.2 Å². The van der Waals surface area contributed by atoms with Gasteiger partial charge in [0, 0.05) is 6.54 Å². The van der Waals surface area contributed by atoms with Crippen LogP contribution in [0.3, 0.4) is 0 Å². The molecule has 0 aromatic carbocycles. The van der Waals surface area contributed by atoms with Gasteiger partial charge in [-0.25, -0.2) is 24.5 Å². The van der Waals surface area contributed by atoms with Crippen molar-refractivity contribution >= 4 is 37.2 Å². The van der Waals surface area contributed by atoms with E-state index in [1.54, 1.807) is 38.6 Å². The summed E-state index contributed by atoms with van der Waals surface area (Å²) in [5.41, 5.74) is 6.83. The average molecular weight is 520 g/mol. The average Bonchev–Trinajstić information content (AvgIpc) is 3.19. The third-order valence-electron chi connectivity index (χ3n) is 3.95. The lowest BCUT2D eigenvalue weighted by molar-refractivity contribution is -0.0443. The molecule has 0 unspecified atom stereocenters. The van der Waals surface area contributed by atoms with Crippen LogP contribution in [0.15, 0.2) is 12.7 Å². The van der Waals surface area contributed by atoms with Crippen LogP contribution in [0.2, 0.25) is 0 Å². The molecule has 2 rings (SSSR count). The molecule has 35 heavy (non-hydrogen) atoms. The molecule has 0 fully saturated rings. The van der Waals surface area contributed by atoms with Crippen LogP contribution < -0.4 is 5.73 Å². The van der Waals surface area contributed by atoms with E-state index in [9.17, 15) is 9.59 Å². The zero-order chi connectivity index (χ0) is 25.8. The molecule has 0 bridgehead atoms. The third-order valence-corrected chi connectivity index (χ3v) is 6.00. The van der Waals surface area contributed by atoms with E-state index in [1.807, 2.05) is 0 Å². The summed E-state index contributed by atoms with van der Waals surface area (Å²) >= 11 is 0. The van der Waals surface area contributed by atoms with Gasteiger partial charge in [-0.15, -0.1) is 9.05 Å². The number of nitrogens with zero attached hydrogens (tertiary/aromatic N) is 4. The summed E-state index contributed by atoms with van der Waals surface area (Å²) in [5.74, 6) is 0.271. The third kappa shape index (κ3) is 9.38. The fourth-order valence-electron chi connectivity index (χ4n) is 2.43. The number of rotatable bonds is 14. The van der Waals surface area contributed by atoms with Gasteiger partial charge in [0.05, 0.1) is 32.3 Å². The van der Waals surface area contributed by atoms with Crippen molar-refractivity contribution in [3.05, 3.63) is 12.7 Å². The van der Waals surface area contributed by atoms with Gasteiger partial charge in [-0.2, -0.15) is 4.52 Å². The first-order chi connectivity index (χ1) is 16.7. The Labute approximate surface area is 202 Å². The van der Waals surface area contributed by atoms with Crippen LogP contribution in [-0.4, -0.2) is 77.7 Å². The SMILES string of the molecule is CO[P+](COCCn1cnc2c(N)ncnc21)(OCOC(=O)OC(C)C)OCOC(=O)OC(C)C. The monoisotopic (exact) mass is 520 g/mol. The highest BCUT2D eigenvalue weighted by molar-refractivity contribution is 7.61. The molecule has 2 heterocycles. The van der Waals surface area contributed by atoms with Crippen LogP contribution in [0.1, 0.15) is 27.7 Å². The number of imidazole rings is 1. The molecule has 0 spiro atoms. The normalized spacial score (nSPS) is 11.7. The summed E-state index contributed by atoms with van der Waals surface area (Å²) in [5, 5.41) is 0. The lowest BCUT2D eigenvalue weighted by Crippen LogP contribution is -2.20. The van der Waals surface area contributed by atoms with E-state index >= 15 is 0 Å². The molecule has 0 aliphatic rings. The number of ether oxygens (including phenoxy) is 5. The molecule has 0 amide bonds. The molecule has 0 saturated heterocycles. The highest BCUT2D eigenvalue weighted by Gasteiger charge is 2.46. The Kier molecular flexibility index (Phi) is 11.3. The molecule has 0 aliphatic heterocycles. The first-order valence-corrected chi connectivity index (χ1v) is 12.3. The van der Waals surface area contributed by atoms with E-state index in [1.165, 1.54) is 13.4 Å². The van der Waals surface area contributed by atoms with Gasteiger partial charge < -0.3 is 34.0 Å². The smallest absolute Gasteiger partial charge is 0.432 e. The molecule has 196 valence electrons. The fraction of sp³-hybridized carbons (Fsp3) is 0.632. The Bertz CT molecular complexity index is 929. The minimum Gasteiger partial charge on any atom is -0.432 e. The van der Waals surface area contributed by atoms with Gasteiger partial charge in [-0.05, 0) is 27.7 Å². The number of nitrogen functional groups attached to an aromatic ring is 1. The molecule has 0 atom stereocenters. The van der Waals surface area contributed by atoms with E-state index in [4.69, 9.17) is 43.0 Å². The molecule has 16 heteroatoms. The summed E-state index contributed by atoms with van der Waals surface area (Å²) < 4.78 is 43.4. The van der Waals surface area contributed by atoms with Crippen molar-refractivity contribution in [1.82, 2.24) is 19.5 Å². The maximum Gasteiger partial charge on any atom is 0.510 e. The second-order valence-corrected chi connectivity index (χ2v) is 9.68. The van der Waals surface area contributed by atoms with Gasteiger partial charge in [0.15, 0.2) is 11.5 Å². The van der Waals surface area contributed by atoms with Crippen molar-refractivity contribution in [2.45, 2.75) is 46.4 Å². The zero-order valence-corrected chi connectivity index (χ0v) is 21.1. The first-order valence-electron chi connectivity index (χ1n) is 10.5. The van der Waals surface area contributed by atoms with Gasteiger partial charge in [0.25, 0.3) is 0 Å². The van der Waals surface area contributed by atoms with Crippen LogP contribution in [0, 0.1) is 0 Å². The standard InChI is InChI=1S/C19H31N5O10P/c1-13(2)33-18(25)29-10-31-35(27-5,32-11-30-19(26)34-14(3)4)12-28-7-6-24-9-23-15-16(20)21-8-22-17(15)24/h8-9,13-14H,6-7,10-12H2,1-5H3,(H2,20,21,22)/q+1. The highest BCUT2D eigenvalue weighted by Crippen LogP contribution is 2.61. The minimum atomic E-state index is -3.28. The van der Waals surface area contributed by atoms with Crippen molar-refractivity contribution in [3.8, 4) is 0 Å². The Hall–Kier alpha value is -2.84. The molecule has 2 aromatic heterocycles. The van der Waals surface area contributed by atoms with Crippen molar-refractivity contribution < 1.29 is 46.8 Å². The summed E-state index contributed by atoms with van der Waals surface area (Å²) in [6, 6.07) is 0. The maximum absolute atomic E-state index is 11.6. The van der Waals surface area contributed by atoms with Gasteiger partial charge in [-0.1, -0.05) is 0 Å². The summed E-state index contributed by atoms with van der Waals surface area (Å²) in [7, 11) is -1.96. The number of hydrogen-bond donors (Lipinski definition) is 1. The second-order valence-electron chi connectivity index (χ2n) is 7.32. The summed E-state index contributed by atoms with van der Waals surface area (Å²) in [6.45, 7) is 6.13. The molecule has 2 N–H and O–H groups in total. The van der Waals surface area contributed by atoms with Crippen molar-refractivity contribution in [1.29, 1.82) is 0 Å². The molecule has 0 radical (unpaired) electrons. The number of nitrogens with two attached hydrogens (primary N) is 1. The maximum atomic E-state index is 11.6. The summed E-state index contributed by atoms with van der Waals surface area (Å²) in [6.07, 6.45) is 0.119. The van der Waals surface area contributed by atoms with Crippen molar-refractivity contribution in [2.24, 2.45) is 0 Å². The van der Waals surface area contributed by atoms with E-state index in [0.29, 0.717) is 17.7 Å². The highest BCUT2D eigenvalue weighted by atomic mass is 31.2. The van der Waals surface area contributed by atoms with Crippen LogP contribution in [-0.2, 0) is 43.8 Å². The number of aromatic nitrogens is 4. The van der Waals surface area contributed by atoms with Crippen LogP contribution in [0.5, 0.6) is 0 Å². The number of carbonyl (C=O) groups excluding carboxylic acids is 2. The Morgan fingerprint density at radius 3 is 2.14 bits per heavy atom. The predicted molar refractivity (Wildman–Crippen MR) is 122 cm³/mol. The zero-order valence-electron chi connectivity index (χ0n) is 20.2. The number of anilines is 1. The van der Waals surface area contributed by atoms with E-state index in [0.717, 1.165) is 0 Å². The number of hydrogen-bond acceptors (Lipinski definition) is 14. The van der Waals surface area contributed by atoms with Gasteiger partial charge >= 0.3 is 20.3 Å². The Morgan fingerprint density at radius 2 is 1.60 bits per heavy atom. The number of fused-ring (bicyclic) bond motifs is 1. The van der Waals surface area contributed by atoms with E-state index < -0.39 is 33.8 Å². The lowest BCUT2D eigenvalue weighted by atomic mass is 10.5. The quantitative estimate of drug-likeness (QED) is 0.166. The molecule has 2 aromatic rings. The van der Waals surface area contributed by atoms with Gasteiger partial charge in [0.2, 0.25) is 19.9 Å². The Morgan fingerprint density at radius 1 is 1.00 bits per heavy atom. The first kappa shape index (κ1) is 28.4. The molecular formula is C19H31N5O10P+. The molecule has 0 aliphatic carbocycles. The topological polar surface area (TPSA) is 178 Å². The largest absolute Gasteiger partial charge is 0.510 e. The van der Waals surface area contributed by atoms with Crippen molar-refractivity contribution in [2.75, 3.05) is 39.4 Å². The lowest BCUT2D eigenvalue weighted by Gasteiger charge is -2.20. The van der Waals surface area contributed by atoms with Crippen molar-refractivity contribution in [3.63, 3.8) is 0 Å². The second kappa shape index (κ2) is 13.9. The summed E-state index contributed by atoms with van der Waals surface area (Å²) in [4.78, 5) is 35.5. The molecule has 0 saturated carbocycles. The fourth-order valence-corrected chi connectivity index (χ4v) is 3.75. The van der Waals surface area contributed by atoms with Gasteiger partial charge in [0.1, 0.15) is 11.8 Å². The van der Waals surface area contributed by atoms with E-state index in [2.05, 4.69) is 15.0 Å². The van der Waals surface area contributed by atoms with Crippen LogP contribution >= 0.6 is 7.94 Å². The molecular weight excluding hydrogens is 489 g/mol. The van der Waals surface area contributed by atoms with Gasteiger partial charge in [-0.3, -0.25) is 0 Å². The Balaban J connectivity index is 1.94. The number of carbonyl (C=O) groups is 2. The minimum absolute atomic E-state index is 0.180. The molecule has 15 nitrogen and oxygen atoms in total.